The summed E-state index contributed by atoms with van der Waals surface area (Å²) in [5, 5.41) is 9.89. The zero-order valence-electron chi connectivity index (χ0n) is 10.5. The quantitative estimate of drug-likeness (QED) is 0.780. The molecule has 0 fully saturated rings. The molecule has 2 nitrogen and oxygen atoms in total. The minimum atomic E-state index is 0.710. The zero-order chi connectivity index (χ0) is 13.0. The zero-order valence-corrected chi connectivity index (χ0v) is 11.3. The summed E-state index contributed by atoms with van der Waals surface area (Å²) in [6, 6.07) is 14.0. The van der Waals surface area contributed by atoms with Gasteiger partial charge in [0.1, 0.15) is 0 Å². The van der Waals surface area contributed by atoms with Crippen LogP contribution in [-0.4, -0.2) is 4.98 Å². The van der Waals surface area contributed by atoms with Crippen molar-refractivity contribution in [1.29, 1.82) is 5.26 Å². The van der Waals surface area contributed by atoms with Crippen LogP contribution in [0.5, 0.6) is 0 Å². The standard InChI is InChI=1S/C15H14N2S/c1-11-6-12(2)17-15(7-11)18-10-14-5-3-4-13(8-14)9-16/h3-8H,10H2,1-2H3. The van der Waals surface area contributed by atoms with Gasteiger partial charge >= 0.3 is 0 Å². The van der Waals surface area contributed by atoms with Gasteiger partial charge in [-0.3, -0.25) is 0 Å². The van der Waals surface area contributed by atoms with Crippen molar-refractivity contribution in [3.05, 3.63) is 58.8 Å². The molecule has 0 atom stereocenters. The Labute approximate surface area is 112 Å². The van der Waals surface area contributed by atoms with Crippen molar-refractivity contribution in [3.63, 3.8) is 0 Å². The number of aryl methyl sites for hydroxylation is 2. The van der Waals surface area contributed by atoms with Crippen LogP contribution in [0.4, 0.5) is 0 Å². The van der Waals surface area contributed by atoms with E-state index in [-0.39, 0.29) is 0 Å². The van der Waals surface area contributed by atoms with E-state index >= 15 is 0 Å². The van der Waals surface area contributed by atoms with Crippen LogP contribution in [0.15, 0.2) is 41.4 Å². The molecule has 0 saturated heterocycles. The van der Waals surface area contributed by atoms with Crippen molar-refractivity contribution in [2.24, 2.45) is 0 Å². The number of pyridine rings is 1. The first kappa shape index (κ1) is 12.7. The number of nitriles is 1. The Morgan fingerprint density at radius 3 is 2.78 bits per heavy atom. The smallest absolute Gasteiger partial charge is 0.0991 e. The molecule has 0 N–H and O–H groups in total. The van der Waals surface area contributed by atoms with Crippen molar-refractivity contribution in [1.82, 2.24) is 4.98 Å². The summed E-state index contributed by atoms with van der Waals surface area (Å²) < 4.78 is 0. The van der Waals surface area contributed by atoms with E-state index in [1.54, 1.807) is 11.8 Å². The van der Waals surface area contributed by atoms with E-state index in [0.29, 0.717) is 5.56 Å². The van der Waals surface area contributed by atoms with Crippen LogP contribution in [-0.2, 0) is 5.75 Å². The molecule has 0 bridgehead atoms. The van der Waals surface area contributed by atoms with Gasteiger partial charge in [0.2, 0.25) is 0 Å². The molecule has 0 radical (unpaired) electrons. The molecular formula is C15H14N2S. The molecule has 2 rings (SSSR count). The van der Waals surface area contributed by atoms with E-state index in [1.807, 2.05) is 31.2 Å². The van der Waals surface area contributed by atoms with E-state index < -0.39 is 0 Å². The molecule has 1 aromatic heterocycles. The lowest BCUT2D eigenvalue weighted by Gasteiger charge is -2.04. The third kappa shape index (κ3) is 3.35. The predicted molar refractivity (Wildman–Crippen MR) is 74.4 cm³/mol. The maximum absolute atomic E-state index is 8.85. The molecule has 1 heterocycles. The second-order valence-electron chi connectivity index (χ2n) is 4.22. The highest BCUT2D eigenvalue weighted by Crippen LogP contribution is 2.22. The molecule has 1 aromatic carbocycles. The third-order valence-corrected chi connectivity index (χ3v) is 3.50. The Bertz CT molecular complexity index is 579. The van der Waals surface area contributed by atoms with Gasteiger partial charge in [-0.05, 0) is 49.2 Å². The van der Waals surface area contributed by atoms with E-state index in [9.17, 15) is 0 Å². The Kier molecular flexibility index (Phi) is 4.01. The summed E-state index contributed by atoms with van der Waals surface area (Å²) in [5.41, 5.74) is 4.14. The summed E-state index contributed by atoms with van der Waals surface area (Å²) in [6.07, 6.45) is 0. The number of benzene rings is 1. The summed E-state index contributed by atoms with van der Waals surface area (Å²) in [4.78, 5) is 4.49. The maximum atomic E-state index is 8.85. The highest BCUT2D eigenvalue weighted by molar-refractivity contribution is 7.98. The molecule has 0 amide bonds. The number of hydrogen-bond acceptors (Lipinski definition) is 3. The van der Waals surface area contributed by atoms with Crippen LogP contribution in [0.1, 0.15) is 22.4 Å². The lowest BCUT2D eigenvalue weighted by atomic mass is 10.2. The molecule has 0 saturated carbocycles. The number of hydrogen-bond donors (Lipinski definition) is 0. The van der Waals surface area contributed by atoms with E-state index in [2.05, 4.69) is 30.1 Å². The maximum Gasteiger partial charge on any atom is 0.0991 e. The van der Waals surface area contributed by atoms with Crippen molar-refractivity contribution in [3.8, 4) is 6.07 Å². The minimum Gasteiger partial charge on any atom is -0.247 e. The van der Waals surface area contributed by atoms with Crippen LogP contribution in [0.3, 0.4) is 0 Å². The fourth-order valence-corrected chi connectivity index (χ4v) is 2.74. The highest BCUT2D eigenvalue weighted by Gasteiger charge is 2.01. The summed E-state index contributed by atoms with van der Waals surface area (Å²) in [6.45, 7) is 4.09. The molecule has 0 aliphatic rings. The van der Waals surface area contributed by atoms with Gasteiger partial charge in [-0.1, -0.05) is 12.1 Å². The van der Waals surface area contributed by atoms with E-state index in [1.165, 1.54) is 5.56 Å². The Morgan fingerprint density at radius 1 is 1.22 bits per heavy atom. The first-order valence-corrected chi connectivity index (χ1v) is 6.73. The van der Waals surface area contributed by atoms with Crippen LogP contribution in [0.2, 0.25) is 0 Å². The van der Waals surface area contributed by atoms with Gasteiger partial charge in [-0.15, -0.1) is 11.8 Å². The van der Waals surface area contributed by atoms with Gasteiger partial charge < -0.3 is 0 Å². The first-order valence-electron chi connectivity index (χ1n) is 5.74. The first-order chi connectivity index (χ1) is 8.67. The SMILES string of the molecule is Cc1cc(C)nc(SCc2cccc(C#N)c2)c1. The molecule has 0 unspecified atom stereocenters. The number of thioether (sulfide) groups is 1. The molecule has 0 aliphatic heterocycles. The highest BCUT2D eigenvalue weighted by atomic mass is 32.2. The van der Waals surface area contributed by atoms with Crippen LogP contribution in [0, 0.1) is 25.2 Å². The molecule has 0 spiro atoms. The Morgan fingerprint density at radius 2 is 2.06 bits per heavy atom. The fraction of sp³-hybridized carbons (Fsp3) is 0.200. The third-order valence-electron chi connectivity index (χ3n) is 2.52. The lowest BCUT2D eigenvalue weighted by molar-refractivity contribution is 1.05. The molecule has 18 heavy (non-hydrogen) atoms. The topological polar surface area (TPSA) is 36.7 Å². The fourth-order valence-electron chi connectivity index (χ4n) is 1.77. The number of nitrogens with zero attached hydrogens (tertiary/aromatic N) is 2. The van der Waals surface area contributed by atoms with Gasteiger partial charge in [0.05, 0.1) is 16.7 Å². The van der Waals surface area contributed by atoms with Crippen molar-refractivity contribution in [2.75, 3.05) is 0 Å². The largest absolute Gasteiger partial charge is 0.247 e. The minimum absolute atomic E-state index is 0.710. The summed E-state index contributed by atoms with van der Waals surface area (Å²) >= 11 is 1.70. The summed E-state index contributed by atoms with van der Waals surface area (Å²) in [7, 11) is 0. The van der Waals surface area contributed by atoms with Crippen molar-refractivity contribution < 1.29 is 0 Å². The second-order valence-corrected chi connectivity index (χ2v) is 5.22. The van der Waals surface area contributed by atoms with Gasteiger partial charge in [0.25, 0.3) is 0 Å². The van der Waals surface area contributed by atoms with E-state index in [0.717, 1.165) is 22.0 Å². The molecule has 90 valence electrons. The monoisotopic (exact) mass is 254 g/mol. The van der Waals surface area contributed by atoms with Gasteiger partial charge in [0.15, 0.2) is 0 Å². The van der Waals surface area contributed by atoms with Gasteiger partial charge in [0, 0.05) is 11.4 Å². The average Bonchev–Trinajstić information content (AvgIpc) is 2.35. The predicted octanol–water partition coefficient (Wildman–Crippen LogP) is 3.86. The Balaban J connectivity index is 2.09. The van der Waals surface area contributed by atoms with E-state index in [4.69, 9.17) is 5.26 Å². The Hall–Kier alpha value is -1.79. The molecule has 2 aromatic rings. The lowest BCUT2D eigenvalue weighted by Crippen LogP contribution is -1.88. The average molecular weight is 254 g/mol. The van der Waals surface area contributed by atoms with Crippen LogP contribution < -0.4 is 0 Å². The normalized spacial score (nSPS) is 10.1. The van der Waals surface area contributed by atoms with Crippen molar-refractivity contribution in [2.45, 2.75) is 24.6 Å². The van der Waals surface area contributed by atoms with Crippen molar-refractivity contribution >= 4 is 11.8 Å². The van der Waals surface area contributed by atoms with Crippen LogP contribution >= 0.6 is 11.8 Å². The second kappa shape index (κ2) is 5.70. The van der Waals surface area contributed by atoms with Gasteiger partial charge in [-0.25, -0.2) is 4.98 Å². The molecule has 0 aliphatic carbocycles. The molecular weight excluding hydrogens is 240 g/mol. The van der Waals surface area contributed by atoms with Crippen LogP contribution in [0.25, 0.3) is 0 Å². The molecule has 3 heteroatoms. The number of aromatic nitrogens is 1. The van der Waals surface area contributed by atoms with Gasteiger partial charge in [-0.2, -0.15) is 5.26 Å². The summed E-state index contributed by atoms with van der Waals surface area (Å²) in [5.74, 6) is 0.839. The number of rotatable bonds is 3.